The van der Waals surface area contributed by atoms with E-state index in [-0.39, 0.29) is 12.3 Å². The first-order valence-electron chi connectivity index (χ1n) is 14.1. The average Bonchev–Trinajstić information content (AvgIpc) is 3.57. The van der Waals surface area contributed by atoms with Crippen LogP contribution in [0.25, 0.3) is 55.0 Å². The summed E-state index contributed by atoms with van der Waals surface area (Å²) in [5, 5.41) is 14.2. The highest BCUT2D eigenvalue weighted by Gasteiger charge is 2.17. The second-order valence-corrected chi connectivity index (χ2v) is 10.6. The van der Waals surface area contributed by atoms with Crippen molar-refractivity contribution in [3.8, 4) is 17.1 Å². The number of para-hydroxylation sites is 4. The molecular weight excluding hydrogens is 534 g/mol. The monoisotopic (exact) mass is 559 g/mol. The molecule has 0 radical (unpaired) electrons. The van der Waals surface area contributed by atoms with E-state index in [0.29, 0.717) is 5.75 Å². The number of fused-ring (bicyclic) bond motifs is 6. The van der Waals surface area contributed by atoms with Crippen molar-refractivity contribution >= 4 is 49.6 Å². The summed E-state index contributed by atoms with van der Waals surface area (Å²) in [5.41, 5.74) is 7.40. The molecule has 8 aromatic rings. The van der Waals surface area contributed by atoms with Crippen LogP contribution in [-0.4, -0.2) is 25.2 Å². The first-order chi connectivity index (χ1) is 21.2. The van der Waals surface area contributed by atoms with E-state index in [1.165, 1.54) is 33.8 Å². The fourth-order valence-electron chi connectivity index (χ4n) is 6.18. The Balaban J connectivity index is 1.37. The fourth-order valence-corrected chi connectivity index (χ4v) is 6.18. The lowest BCUT2D eigenvalue weighted by Crippen LogP contribution is -2.04. The lowest BCUT2D eigenvalue weighted by molar-refractivity contribution is 0.0690. The Morgan fingerprint density at radius 3 is 1.49 bits per heavy atom. The van der Waals surface area contributed by atoms with Crippen molar-refractivity contribution in [1.29, 1.82) is 0 Å². The van der Waals surface area contributed by atoms with Gasteiger partial charge in [0.1, 0.15) is 12.4 Å². The smallest absolute Gasteiger partial charge is 0.354 e. The predicted molar refractivity (Wildman–Crippen MR) is 171 cm³/mol. The number of carbonyl (C=O) groups is 1. The number of carboxylic acids is 1. The molecule has 0 aliphatic carbocycles. The third-order valence-electron chi connectivity index (χ3n) is 7.99. The molecule has 3 heterocycles. The highest BCUT2D eigenvalue weighted by molar-refractivity contribution is 6.10. The van der Waals surface area contributed by atoms with Gasteiger partial charge >= 0.3 is 5.97 Å². The Bertz CT molecular complexity index is 2110. The lowest BCUT2D eigenvalue weighted by atomic mass is 10.1. The van der Waals surface area contributed by atoms with Gasteiger partial charge in [-0.1, -0.05) is 72.8 Å². The van der Waals surface area contributed by atoms with Crippen LogP contribution < -0.4 is 4.74 Å². The molecule has 8 rings (SSSR count). The zero-order chi connectivity index (χ0) is 28.9. The SMILES string of the molecule is O=C(O)c1cc(OCc2cc(-n3c4ccccc4c4ccccc43)cc(-n3c4ccccc4c4ccccc43)c2)ccn1. The topological polar surface area (TPSA) is 69.3 Å². The zero-order valence-corrected chi connectivity index (χ0v) is 23.0. The third-order valence-corrected chi connectivity index (χ3v) is 7.99. The summed E-state index contributed by atoms with van der Waals surface area (Å²) >= 11 is 0. The molecule has 5 aromatic carbocycles. The number of nitrogens with zero attached hydrogens (tertiary/aromatic N) is 3. The molecule has 0 saturated heterocycles. The molecule has 0 spiro atoms. The van der Waals surface area contributed by atoms with Gasteiger partial charge in [0.2, 0.25) is 0 Å². The van der Waals surface area contributed by atoms with Crippen LogP contribution in [0.3, 0.4) is 0 Å². The second kappa shape index (κ2) is 9.89. The van der Waals surface area contributed by atoms with Gasteiger partial charge in [-0.05, 0) is 54.1 Å². The van der Waals surface area contributed by atoms with Gasteiger partial charge in [0.25, 0.3) is 0 Å². The first-order valence-corrected chi connectivity index (χ1v) is 14.1. The number of hydrogen-bond donors (Lipinski definition) is 1. The molecule has 0 saturated carbocycles. The number of pyridine rings is 1. The van der Waals surface area contributed by atoms with Crippen LogP contribution in [0, 0.1) is 0 Å². The van der Waals surface area contributed by atoms with Gasteiger partial charge in [-0.2, -0.15) is 0 Å². The number of aromatic nitrogens is 3. The second-order valence-electron chi connectivity index (χ2n) is 10.6. The van der Waals surface area contributed by atoms with Crippen LogP contribution in [0.15, 0.2) is 134 Å². The summed E-state index contributed by atoms with van der Waals surface area (Å²) in [6, 6.07) is 43.5. The number of carboxylic acid groups (broad SMARTS) is 1. The summed E-state index contributed by atoms with van der Waals surface area (Å²) in [4.78, 5) is 15.4. The van der Waals surface area contributed by atoms with Gasteiger partial charge in [0.05, 0.1) is 22.1 Å². The molecule has 6 heteroatoms. The lowest BCUT2D eigenvalue weighted by Gasteiger charge is -2.16. The largest absolute Gasteiger partial charge is 0.489 e. The van der Waals surface area contributed by atoms with Gasteiger partial charge in [0.15, 0.2) is 5.69 Å². The van der Waals surface area contributed by atoms with E-state index in [4.69, 9.17) is 4.74 Å². The predicted octanol–water partition coefficient (Wildman–Crippen LogP) is 8.55. The summed E-state index contributed by atoms with van der Waals surface area (Å²) in [5.74, 6) is -0.638. The number of rotatable bonds is 6. The van der Waals surface area contributed by atoms with Gasteiger partial charge in [0, 0.05) is 45.2 Å². The molecule has 43 heavy (non-hydrogen) atoms. The summed E-state index contributed by atoms with van der Waals surface area (Å²) in [6.07, 6.45) is 1.46. The van der Waals surface area contributed by atoms with Crippen LogP contribution >= 0.6 is 0 Å². The maximum Gasteiger partial charge on any atom is 0.354 e. The summed E-state index contributed by atoms with van der Waals surface area (Å²) in [6.45, 7) is 0.248. The van der Waals surface area contributed by atoms with E-state index in [0.717, 1.165) is 39.0 Å². The van der Waals surface area contributed by atoms with Crippen LogP contribution in [0.4, 0.5) is 0 Å². The molecule has 0 atom stereocenters. The number of ether oxygens (including phenoxy) is 1. The highest BCUT2D eigenvalue weighted by atomic mass is 16.5. The van der Waals surface area contributed by atoms with Crippen LogP contribution in [0.5, 0.6) is 5.75 Å². The maximum absolute atomic E-state index is 11.5. The fraction of sp³-hybridized carbons (Fsp3) is 0.0270. The average molecular weight is 560 g/mol. The standard InChI is InChI=1S/C37H25N3O3/c41-37(42)32-22-27(17-18-38-32)43-23-24-19-25(39-33-13-5-1-9-28(33)29-10-2-6-14-34(29)39)21-26(20-24)40-35-15-7-3-11-30(35)31-12-4-8-16-36(31)40/h1-22H,23H2,(H,41,42). The van der Waals surface area contributed by atoms with Crippen molar-refractivity contribution in [2.75, 3.05) is 0 Å². The van der Waals surface area contributed by atoms with Crippen LogP contribution in [0.2, 0.25) is 0 Å². The minimum absolute atomic E-state index is 0.0532. The maximum atomic E-state index is 11.5. The van der Waals surface area contributed by atoms with Gasteiger partial charge < -0.3 is 19.0 Å². The third kappa shape index (κ3) is 4.11. The summed E-state index contributed by atoms with van der Waals surface area (Å²) < 4.78 is 10.8. The number of aromatic carboxylic acids is 1. The Morgan fingerprint density at radius 1 is 0.605 bits per heavy atom. The molecule has 0 aliphatic rings. The van der Waals surface area contributed by atoms with Crippen molar-refractivity contribution in [3.05, 3.63) is 145 Å². The van der Waals surface area contributed by atoms with Gasteiger partial charge in [-0.25, -0.2) is 9.78 Å². The molecule has 0 unspecified atom stereocenters. The van der Waals surface area contributed by atoms with Crippen molar-refractivity contribution < 1.29 is 14.6 Å². The molecule has 0 bridgehead atoms. The van der Waals surface area contributed by atoms with E-state index in [9.17, 15) is 9.90 Å². The van der Waals surface area contributed by atoms with E-state index in [1.807, 2.05) is 0 Å². The van der Waals surface area contributed by atoms with Crippen molar-refractivity contribution in [3.63, 3.8) is 0 Å². The molecule has 0 amide bonds. The Hall–Kier alpha value is -5.88. The Labute approximate surface area is 246 Å². The molecule has 0 aliphatic heterocycles. The molecule has 206 valence electrons. The van der Waals surface area contributed by atoms with E-state index < -0.39 is 5.97 Å². The molecule has 6 nitrogen and oxygen atoms in total. The highest BCUT2D eigenvalue weighted by Crippen LogP contribution is 2.36. The van der Waals surface area contributed by atoms with Gasteiger partial charge in [-0.15, -0.1) is 0 Å². The molecule has 1 N–H and O–H groups in total. The zero-order valence-electron chi connectivity index (χ0n) is 23.0. The Kier molecular flexibility index (Phi) is 5.72. The minimum atomic E-state index is -1.09. The molecule has 0 fully saturated rings. The van der Waals surface area contributed by atoms with E-state index >= 15 is 0 Å². The van der Waals surface area contributed by atoms with Crippen LogP contribution in [0.1, 0.15) is 16.1 Å². The van der Waals surface area contributed by atoms with Gasteiger partial charge in [-0.3, -0.25) is 0 Å². The van der Waals surface area contributed by atoms with Crippen LogP contribution in [-0.2, 0) is 6.61 Å². The normalized spacial score (nSPS) is 11.5. The first kappa shape index (κ1) is 24.9. The van der Waals surface area contributed by atoms with Crippen molar-refractivity contribution in [2.24, 2.45) is 0 Å². The van der Waals surface area contributed by atoms with E-state index in [2.05, 4.69) is 129 Å². The minimum Gasteiger partial charge on any atom is -0.489 e. The summed E-state index contributed by atoms with van der Waals surface area (Å²) in [7, 11) is 0. The number of benzene rings is 5. The number of hydrogen-bond acceptors (Lipinski definition) is 3. The quantitative estimate of drug-likeness (QED) is 0.222. The van der Waals surface area contributed by atoms with Crippen molar-refractivity contribution in [1.82, 2.24) is 14.1 Å². The molecular formula is C37H25N3O3. The van der Waals surface area contributed by atoms with Crippen molar-refractivity contribution in [2.45, 2.75) is 6.61 Å². The molecule has 3 aromatic heterocycles. The van der Waals surface area contributed by atoms with E-state index in [1.54, 1.807) is 6.07 Å². The Morgan fingerprint density at radius 2 is 1.05 bits per heavy atom.